The van der Waals surface area contributed by atoms with Crippen LogP contribution in [0, 0.1) is 0 Å². The third-order valence-electron chi connectivity index (χ3n) is 5.04. The fourth-order valence-corrected chi connectivity index (χ4v) is 3.81. The summed E-state index contributed by atoms with van der Waals surface area (Å²) in [6.45, 7) is 0.939. The number of likely N-dealkylation sites (N-methyl/N-ethyl adjacent to an activating group) is 1. The van der Waals surface area contributed by atoms with E-state index in [1.165, 1.54) is 11.1 Å². The molecule has 5 heteroatoms. The lowest BCUT2D eigenvalue weighted by Crippen LogP contribution is -2.38. The number of carbonyl (C=O) groups excluding carboxylic acids is 1. The molecule has 2 aromatic rings. The van der Waals surface area contributed by atoms with Gasteiger partial charge in [0.1, 0.15) is 0 Å². The zero-order chi connectivity index (χ0) is 19.2. The number of nitrogens with zero attached hydrogens (tertiary/aromatic N) is 1. The van der Waals surface area contributed by atoms with Crippen molar-refractivity contribution in [2.45, 2.75) is 31.8 Å². The number of amides is 1. The summed E-state index contributed by atoms with van der Waals surface area (Å²) in [6, 6.07) is 14.3. The Morgan fingerprint density at radius 3 is 2.74 bits per heavy atom. The molecule has 27 heavy (non-hydrogen) atoms. The molecule has 0 radical (unpaired) electrons. The fraction of sp³-hybridized carbons (Fsp3) is 0.409. The minimum atomic E-state index is 0.0427. The molecule has 0 aliphatic heterocycles. The van der Waals surface area contributed by atoms with Crippen LogP contribution in [-0.2, 0) is 17.8 Å². The highest BCUT2D eigenvalue weighted by molar-refractivity contribution is 5.78. The first kappa shape index (κ1) is 19.2. The summed E-state index contributed by atoms with van der Waals surface area (Å²) in [5, 5.41) is 3.21. The van der Waals surface area contributed by atoms with Gasteiger partial charge in [-0.2, -0.15) is 0 Å². The average Bonchev–Trinajstić information content (AvgIpc) is 2.67. The van der Waals surface area contributed by atoms with Gasteiger partial charge in [-0.3, -0.25) is 9.69 Å². The molecule has 3 rings (SSSR count). The van der Waals surface area contributed by atoms with E-state index in [1.54, 1.807) is 14.2 Å². The lowest BCUT2D eigenvalue weighted by atomic mass is 9.88. The summed E-state index contributed by atoms with van der Waals surface area (Å²) in [6.07, 6.45) is 3.20. The second kappa shape index (κ2) is 8.91. The molecular formula is C22H28N2O3. The van der Waals surface area contributed by atoms with Gasteiger partial charge in [0, 0.05) is 12.1 Å². The molecule has 0 saturated carbocycles. The lowest BCUT2D eigenvalue weighted by molar-refractivity contribution is -0.122. The van der Waals surface area contributed by atoms with Crippen LogP contribution >= 0.6 is 0 Å². The Balaban J connectivity index is 1.61. The SMILES string of the molecule is COc1cccc(CN(C)CC(=O)N[C@H]2CCCc3ccccc32)c1OC. The second-order valence-corrected chi connectivity index (χ2v) is 7.04. The van der Waals surface area contributed by atoms with Gasteiger partial charge in [0.25, 0.3) is 0 Å². The third-order valence-corrected chi connectivity index (χ3v) is 5.04. The molecule has 144 valence electrons. The highest BCUT2D eigenvalue weighted by Gasteiger charge is 2.22. The molecule has 1 atom stereocenters. The number of aryl methyl sites for hydroxylation is 1. The van der Waals surface area contributed by atoms with Gasteiger partial charge in [-0.15, -0.1) is 0 Å². The number of methoxy groups -OCH3 is 2. The molecule has 2 aromatic carbocycles. The number of hydrogen-bond acceptors (Lipinski definition) is 4. The van der Waals surface area contributed by atoms with E-state index in [1.807, 2.05) is 36.2 Å². The smallest absolute Gasteiger partial charge is 0.234 e. The molecule has 1 amide bonds. The van der Waals surface area contributed by atoms with Gasteiger partial charge < -0.3 is 14.8 Å². The highest BCUT2D eigenvalue weighted by Crippen LogP contribution is 2.31. The monoisotopic (exact) mass is 368 g/mol. The highest BCUT2D eigenvalue weighted by atomic mass is 16.5. The lowest BCUT2D eigenvalue weighted by Gasteiger charge is -2.27. The zero-order valence-corrected chi connectivity index (χ0v) is 16.3. The predicted octanol–water partition coefficient (Wildman–Crippen LogP) is 3.33. The maximum Gasteiger partial charge on any atom is 0.234 e. The van der Waals surface area contributed by atoms with Crippen LogP contribution in [0.15, 0.2) is 42.5 Å². The summed E-state index contributed by atoms with van der Waals surface area (Å²) in [5.74, 6) is 1.46. The van der Waals surface area contributed by atoms with Crippen molar-refractivity contribution in [1.82, 2.24) is 10.2 Å². The maximum atomic E-state index is 12.6. The van der Waals surface area contributed by atoms with Crippen molar-refractivity contribution < 1.29 is 14.3 Å². The van der Waals surface area contributed by atoms with Gasteiger partial charge in [0.05, 0.1) is 26.8 Å². The zero-order valence-electron chi connectivity index (χ0n) is 16.3. The van der Waals surface area contributed by atoms with Crippen LogP contribution in [0.4, 0.5) is 0 Å². The van der Waals surface area contributed by atoms with Crippen molar-refractivity contribution in [3.63, 3.8) is 0 Å². The van der Waals surface area contributed by atoms with E-state index in [4.69, 9.17) is 9.47 Å². The second-order valence-electron chi connectivity index (χ2n) is 7.04. The van der Waals surface area contributed by atoms with Gasteiger partial charge in [0.15, 0.2) is 11.5 Å². The van der Waals surface area contributed by atoms with Crippen LogP contribution < -0.4 is 14.8 Å². The van der Waals surface area contributed by atoms with E-state index in [9.17, 15) is 4.79 Å². The molecule has 5 nitrogen and oxygen atoms in total. The van der Waals surface area contributed by atoms with E-state index in [0.29, 0.717) is 24.6 Å². The Labute approximate surface area is 161 Å². The first-order valence-corrected chi connectivity index (χ1v) is 9.38. The Morgan fingerprint density at radius 2 is 1.96 bits per heavy atom. The first-order valence-electron chi connectivity index (χ1n) is 9.38. The maximum absolute atomic E-state index is 12.6. The summed E-state index contributed by atoms with van der Waals surface area (Å²) >= 11 is 0. The Morgan fingerprint density at radius 1 is 1.15 bits per heavy atom. The van der Waals surface area contributed by atoms with Crippen LogP contribution in [0.5, 0.6) is 11.5 Å². The Bertz CT molecular complexity index is 791. The molecule has 0 heterocycles. The average molecular weight is 368 g/mol. The Hall–Kier alpha value is -2.53. The third kappa shape index (κ3) is 4.61. The number of ether oxygens (including phenoxy) is 2. The van der Waals surface area contributed by atoms with Crippen LogP contribution in [0.25, 0.3) is 0 Å². The Kier molecular flexibility index (Phi) is 6.35. The number of fused-ring (bicyclic) bond motifs is 1. The van der Waals surface area contributed by atoms with Crippen LogP contribution in [0.2, 0.25) is 0 Å². The number of nitrogens with one attached hydrogen (secondary N) is 1. The molecule has 1 aliphatic rings. The molecule has 0 fully saturated rings. The van der Waals surface area contributed by atoms with Crippen molar-refractivity contribution in [3.05, 3.63) is 59.2 Å². The van der Waals surface area contributed by atoms with Crippen molar-refractivity contribution in [2.75, 3.05) is 27.8 Å². The van der Waals surface area contributed by atoms with Crippen LogP contribution in [-0.4, -0.2) is 38.6 Å². The molecule has 1 N–H and O–H groups in total. The normalized spacial score (nSPS) is 15.9. The fourth-order valence-electron chi connectivity index (χ4n) is 3.81. The number of carbonyl (C=O) groups is 1. The van der Waals surface area contributed by atoms with Crippen molar-refractivity contribution in [1.29, 1.82) is 0 Å². The van der Waals surface area contributed by atoms with Gasteiger partial charge in [0.2, 0.25) is 5.91 Å². The summed E-state index contributed by atoms with van der Waals surface area (Å²) < 4.78 is 10.8. The molecule has 1 aliphatic carbocycles. The van der Waals surface area contributed by atoms with Crippen LogP contribution in [0.1, 0.15) is 35.6 Å². The van der Waals surface area contributed by atoms with Gasteiger partial charge >= 0.3 is 0 Å². The standard InChI is InChI=1S/C22H28N2O3/c1-24(14-17-10-7-13-20(26-2)22(17)27-3)15-21(25)23-19-12-6-9-16-8-4-5-11-18(16)19/h4-5,7-8,10-11,13,19H,6,9,12,14-15H2,1-3H3,(H,23,25)/t19-/m0/s1. The minimum Gasteiger partial charge on any atom is -0.493 e. The summed E-state index contributed by atoms with van der Waals surface area (Å²) in [4.78, 5) is 14.6. The van der Waals surface area contributed by atoms with E-state index < -0.39 is 0 Å². The predicted molar refractivity (Wildman–Crippen MR) is 106 cm³/mol. The van der Waals surface area contributed by atoms with E-state index in [2.05, 4.69) is 23.5 Å². The molecular weight excluding hydrogens is 340 g/mol. The number of rotatable bonds is 7. The first-order chi connectivity index (χ1) is 13.1. The summed E-state index contributed by atoms with van der Waals surface area (Å²) in [7, 11) is 5.20. The molecule has 0 saturated heterocycles. The van der Waals surface area contributed by atoms with E-state index >= 15 is 0 Å². The molecule has 0 unspecified atom stereocenters. The van der Waals surface area contributed by atoms with E-state index in [0.717, 1.165) is 24.8 Å². The van der Waals surface area contributed by atoms with E-state index in [-0.39, 0.29) is 11.9 Å². The molecule has 0 bridgehead atoms. The molecule has 0 aromatic heterocycles. The number of hydrogen-bond donors (Lipinski definition) is 1. The van der Waals surface area contributed by atoms with Gasteiger partial charge in [-0.05, 0) is 43.5 Å². The van der Waals surface area contributed by atoms with Crippen molar-refractivity contribution in [3.8, 4) is 11.5 Å². The topological polar surface area (TPSA) is 50.8 Å². The number of para-hydroxylation sites is 1. The van der Waals surface area contributed by atoms with Gasteiger partial charge in [-0.25, -0.2) is 0 Å². The van der Waals surface area contributed by atoms with Crippen molar-refractivity contribution >= 4 is 5.91 Å². The summed E-state index contributed by atoms with van der Waals surface area (Å²) in [5.41, 5.74) is 3.60. The van der Waals surface area contributed by atoms with Crippen molar-refractivity contribution in [2.24, 2.45) is 0 Å². The van der Waals surface area contributed by atoms with Crippen LogP contribution in [0.3, 0.4) is 0 Å². The quantitative estimate of drug-likeness (QED) is 0.814. The number of benzene rings is 2. The molecule has 0 spiro atoms. The van der Waals surface area contributed by atoms with Gasteiger partial charge in [-0.1, -0.05) is 36.4 Å². The largest absolute Gasteiger partial charge is 0.493 e. The minimum absolute atomic E-state index is 0.0427.